The zero-order valence-electron chi connectivity index (χ0n) is 17.1. The summed E-state index contributed by atoms with van der Waals surface area (Å²) in [7, 11) is -2.05. The van der Waals surface area contributed by atoms with Gasteiger partial charge in [0.05, 0.1) is 7.11 Å². The first-order valence-corrected chi connectivity index (χ1v) is 11.7. The molecule has 0 saturated carbocycles. The molecule has 152 valence electrons. The number of nitrogens with one attached hydrogen (secondary N) is 1. The molecule has 0 spiro atoms. The summed E-state index contributed by atoms with van der Waals surface area (Å²) in [4.78, 5) is 0.261. The smallest absolute Gasteiger partial charge is 0.244 e. The number of fused-ring (bicyclic) bond motifs is 1. The molecular weight excluding hydrogens is 370 g/mol. The van der Waals surface area contributed by atoms with Crippen molar-refractivity contribution in [1.82, 2.24) is 4.72 Å². The molecule has 0 aromatic heterocycles. The molecule has 5 heteroatoms. The first-order chi connectivity index (χ1) is 13.4. The lowest BCUT2D eigenvalue weighted by Crippen LogP contribution is -2.26. The lowest BCUT2D eigenvalue weighted by Gasteiger charge is -2.19. The van der Waals surface area contributed by atoms with Crippen LogP contribution in [0.4, 0.5) is 0 Å². The molecule has 1 N–H and O–H groups in total. The van der Waals surface area contributed by atoms with Crippen LogP contribution in [0.1, 0.15) is 61.3 Å². The predicted octanol–water partition coefficient (Wildman–Crippen LogP) is 4.61. The first-order valence-electron chi connectivity index (χ1n) is 10.2. The third-order valence-corrected chi connectivity index (χ3v) is 6.98. The minimum Gasteiger partial charge on any atom is -0.495 e. The predicted molar refractivity (Wildman–Crippen MR) is 114 cm³/mol. The fourth-order valence-corrected chi connectivity index (χ4v) is 5.03. The van der Waals surface area contributed by atoms with Crippen molar-refractivity contribution in [2.75, 3.05) is 13.7 Å². The van der Waals surface area contributed by atoms with Crippen molar-refractivity contribution in [3.05, 3.63) is 58.7 Å². The van der Waals surface area contributed by atoms with Gasteiger partial charge in [0, 0.05) is 6.54 Å². The van der Waals surface area contributed by atoms with Crippen LogP contribution >= 0.6 is 0 Å². The Morgan fingerprint density at radius 2 is 1.68 bits per heavy atom. The highest BCUT2D eigenvalue weighted by molar-refractivity contribution is 7.89. The molecule has 3 rings (SSSR count). The second-order valence-corrected chi connectivity index (χ2v) is 9.61. The average molecular weight is 402 g/mol. The van der Waals surface area contributed by atoms with Gasteiger partial charge in [-0.25, -0.2) is 13.1 Å². The van der Waals surface area contributed by atoms with Crippen LogP contribution < -0.4 is 9.46 Å². The summed E-state index contributed by atoms with van der Waals surface area (Å²) in [6, 6.07) is 12.3. The molecule has 0 fully saturated rings. The first kappa shape index (κ1) is 20.9. The quantitative estimate of drug-likeness (QED) is 0.657. The van der Waals surface area contributed by atoms with Crippen LogP contribution in [0.15, 0.2) is 41.3 Å². The molecule has 2 aromatic rings. The zero-order chi connectivity index (χ0) is 20.1. The van der Waals surface area contributed by atoms with Gasteiger partial charge in [0.1, 0.15) is 10.6 Å². The molecule has 0 radical (unpaired) electrons. The number of hydrogen-bond donors (Lipinski definition) is 1. The van der Waals surface area contributed by atoms with E-state index in [0.29, 0.717) is 18.2 Å². The van der Waals surface area contributed by atoms with Crippen molar-refractivity contribution in [3.63, 3.8) is 0 Å². The number of aryl methyl sites for hydroxylation is 3. The van der Waals surface area contributed by atoms with Crippen molar-refractivity contribution in [1.29, 1.82) is 0 Å². The van der Waals surface area contributed by atoms with E-state index >= 15 is 0 Å². The Balaban J connectivity index is 1.62. The maximum Gasteiger partial charge on any atom is 0.244 e. The monoisotopic (exact) mass is 401 g/mol. The molecule has 0 bridgehead atoms. The fourth-order valence-electron chi connectivity index (χ4n) is 3.76. The largest absolute Gasteiger partial charge is 0.495 e. The maximum absolute atomic E-state index is 12.8. The molecular formula is C23H31NO3S. The van der Waals surface area contributed by atoms with Gasteiger partial charge in [-0.1, -0.05) is 38.1 Å². The van der Waals surface area contributed by atoms with E-state index in [1.807, 2.05) is 6.07 Å². The topological polar surface area (TPSA) is 55.4 Å². The maximum atomic E-state index is 12.8. The number of rotatable bonds is 8. The summed E-state index contributed by atoms with van der Waals surface area (Å²) in [6.07, 6.45) is 5.81. The molecule has 0 unspecified atom stereocenters. The lowest BCUT2D eigenvalue weighted by molar-refractivity contribution is 0.401. The molecule has 0 amide bonds. The average Bonchev–Trinajstić information content (AvgIpc) is 2.70. The van der Waals surface area contributed by atoms with Crippen molar-refractivity contribution >= 4 is 10.0 Å². The van der Waals surface area contributed by atoms with Gasteiger partial charge in [-0.05, 0) is 78.8 Å². The van der Waals surface area contributed by atoms with Crippen LogP contribution in [0.3, 0.4) is 0 Å². The third kappa shape index (κ3) is 4.95. The highest BCUT2D eigenvalue weighted by Crippen LogP contribution is 2.31. The molecule has 0 aliphatic heterocycles. The van der Waals surface area contributed by atoms with Gasteiger partial charge in [0.15, 0.2) is 0 Å². The Labute approximate surface area is 169 Å². The molecule has 1 aliphatic rings. The van der Waals surface area contributed by atoms with Gasteiger partial charge in [-0.3, -0.25) is 0 Å². The van der Waals surface area contributed by atoms with Crippen molar-refractivity contribution in [2.24, 2.45) is 0 Å². The second-order valence-electron chi connectivity index (χ2n) is 7.88. The van der Waals surface area contributed by atoms with E-state index in [0.717, 1.165) is 44.1 Å². The lowest BCUT2D eigenvalue weighted by atomic mass is 9.92. The summed E-state index contributed by atoms with van der Waals surface area (Å²) in [5, 5.41) is 0. The molecule has 28 heavy (non-hydrogen) atoms. The molecule has 1 aliphatic carbocycles. The van der Waals surface area contributed by atoms with E-state index in [2.05, 4.69) is 42.8 Å². The number of sulfonamides is 1. The highest BCUT2D eigenvalue weighted by atomic mass is 32.2. The summed E-state index contributed by atoms with van der Waals surface area (Å²) in [5.74, 6) is 0.963. The summed E-state index contributed by atoms with van der Waals surface area (Å²) in [5.41, 5.74) is 4.91. The Kier molecular flexibility index (Phi) is 6.78. The van der Waals surface area contributed by atoms with Gasteiger partial charge in [0.25, 0.3) is 0 Å². The third-order valence-electron chi connectivity index (χ3n) is 5.50. The van der Waals surface area contributed by atoms with Gasteiger partial charge < -0.3 is 4.74 Å². The van der Waals surface area contributed by atoms with E-state index in [4.69, 9.17) is 4.74 Å². The molecule has 0 heterocycles. The number of benzene rings is 2. The molecule has 0 saturated heterocycles. The fraction of sp³-hybridized carbons (Fsp3) is 0.478. The number of methoxy groups -OCH3 is 1. The summed E-state index contributed by atoms with van der Waals surface area (Å²) >= 11 is 0. The molecule has 4 nitrogen and oxygen atoms in total. The van der Waals surface area contributed by atoms with E-state index in [1.165, 1.54) is 23.8 Å². The van der Waals surface area contributed by atoms with Crippen LogP contribution in [-0.2, 0) is 29.3 Å². The SMILES string of the molecule is COc1cc2c(cc1S(=O)(=O)NCCCc1ccc(C(C)C)cc1)CCCC2. The van der Waals surface area contributed by atoms with Gasteiger partial charge in [-0.15, -0.1) is 0 Å². The van der Waals surface area contributed by atoms with Crippen LogP contribution in [0, 0.1) is 0 Å². The number of hydrogen-bond acceptors (Lipinski definition) is 3. The Bertz CT molecular complexity index is 902. The van der Waals surface area contributed by atoms with Crippen molar-refractivity contribution in [3.8, 4) is 5.75 Å². The minimum atomic E-state index is -3.58. The Morgan fingerprint density at radius 3 is 2.29 bits per heavy atom. The van der Waals surface area contributed by atoms with Crippen LogP contribution in [0.2, 0.25) is 0 Å². The summed E-state index contributed by atoms with van der Waals surface area (Å²) < 4.78 is 33.8. The summed E-state index contributed by atoms with van der Waals surface area (Å²) in [6.45, 7) is 4.77. The number of ether oxygens (including phenoxy) is 1. The second kappa shape index (κ2) is 9.10. The van der Waals surface area contributed by atoms with Gasteiger partial charge >= 0.3 is 0 Å². The van der Waals surface area contributed by atoms with Crippen LogP contribution in [-0.4, -0.2) is 22.1 Å². The van der Waals surface area contributed by atoms with Gasteiger partial charge in [0.2, 0.25) is 10.0 Å². The zero-order valence-corrected chi connectivity index (χ0v) is 17.9. The van der Waals surface area contributed by atoms with E-state index in [9.17, 15) is 8.42 Å². The van der Waals surface area contributed by atoms with E-state index < -0.39 is 10.0 Å². The Morgan fingerprint density at radius 1 is 1.04 bits per heavy atom. The van der Waals surface area contributed by atoms with Crippen LogP contribution in [0.25, 0.3) is 0 Å². The minimum absolute atomic E-state index is 0.261. The molecule has 2 aromatic carbocycles. The standard InChI is InChI=1S/C23H31NO3S/c1-17(2)19-12-10-18(11-13-19)7-6-14-24-28(25,26)23-16-21-9-5-4-8-20(21)15-22(23)27-3/h10-13,15-17,24H,4-9,14H2,1-3H3. The van der Waals surface area contributed by atoms with Crippen molar-refractivity contribution in [2.45, 2.75) is 63.2 Å². The normalized spacial score (nSPS) is 14.1. The van der Waals surface area contributed by atoms with Gasteiger partial charge in [-0.2, -0.15) is 0 Å². The molecule has 0 atom stereocenters. The van der Waals surface area contributed by atoms with Crippen molar-refractivity contribution < 1.29 is 13.2 Å². The Hall–Kier alpha value is -1.85. The highest BCUT2D eigenvalue weighted by Gasteiger charge is 2.22. The van der Waals surface area contributed by atoms with E-state index in [1.54, 1.807) is 6.07 Å². The van der Waals surface area contributed by atoms with E-state index in [-0.39, 0.29) is 4.90 Å². The van der Waals surface area contributed by atoms with Crippen LogP contribution in [0.5, 0.6) is 5.75 Å².